The van der Waals surface area contributed by atoms with Crippen molar-refractivity contribution in [2.75, 3.05) is 6.54 Å². The first-order valence-corrected chi connectivity index (χ1v) is 16.3. The van der Waals surface area contributed by atoms with Gasteiger partial charge in [-0.1, -0.05) is 6.07 Å². The van der Waals surface area contributed by atoms with Gasteiger partial charge in [0.1, 0.15) is 6.04 Å². The number of hydrogen-bond acceptors (Lipinski definition) is 7. The smallest absolute Gasteiger partial charge is 0.255 e. The summed E-state index contributed by atoms with van der Waals surface area (Å²) in [6, 6.07) is 5.09. The second-order valence-corrected chi connectivity index (χ2v) is 14.4. The van der Waals surface area contributed by atoms with Crippen molar-refractivity contribution >= 4 is 46.7 Å². The molecule has 1 atom stereocenters. The molecule has 1 aromatic carbocycles. The highest BCUT2D eigenvalue weighted by Crippen LogP contribution is 2.60. The van der Waals surface area contributed by atoms with Crippen LogP contribution in [0.5, 0.6) is 0 Å². The van der Waals surface area contributed by atoms with Crippen LogP contribution < -0.4 is 10.6 Å². The highest BCUT2D eigenvalue weighted by atomic mass is 32.2. The fourth-order valence-corrected chi connectivity index (χ4v) is 10.1. The van der Waals surface area contributed by atoms with Crippen molar-refractivity contribution in [3.63, 3.8) is 0 Å². The Morgan fingerprint density at radius 3 is 2.60 bits per heavy atom. The molecule has 5 fully saturated rings. The Hall–Kier alpha value is -2.72. The average Bonchev–Trinajstić information content (AvgIpc) is 3.51. The van der Waals surface area contributed by atoms with Crippen LogP contribution in [0.2, 0.25) is 0 Å². The molecular formula is C30H34N4O4S2. The molecule has 6 aliphatic rings. The number of aromatic nitrogens is 1. The quantitative estimate of drug-likeness (QED) is 0.361. The lowest BCUT2D eigenvalue weighted by Gasteiger charge is -2.55. The molecule has 4 aliphatic carbocycles. The van der Waals surface area contributed by atoms with E-state index in [1.54, 1.807) is 28.0 Å². The van der Waals surface area contributed by atoms with Crippen molar-refractivity contribution in [1.29, 1.82) is 0 Å². The van der Waals surface area contributed by atoms with Crippen LogP contribution in [-0.2, 0) is 33.1 Å². The van der Waals surface area contributed by atoms with E-state index in [1.807, 2.05) is 18.2 Å². The van der Waals surface area contributed by atoms with E-state index < -0.39 is 11.9 Å². The number of rotatable bonds is 8. The molecule has 0 spiro atoms. The summed E-state index contributed by atoms with van der Waals surface area (Å²) in [6.45, 7) is 1.00. The molecule has 1 unspecified atom stereocenters. The number of benzene rings is 1. The topological polar surface area (TPSA) is 108 Å². The van der Waals surface area contributed by atoms with Gasteiger partial charge in [0.2, 0.25) is 17.7 Å². The minimum Gasteiger partial charge on any atom is -0.355 e. The second kappa shape index (κ2) is 10.3. The number of carbonyl (C=O) groups excluding carboxylic acids is 4. The van der Waals surface area contributed by atoms with Crippen LogP contribution in [0.4, 0.5) is 0 Å². The lowest BCUT2D eigenvalue weighted by atomic mass is 9.49. The average molecular weight is 579 g/mol. The second-order valence-electron chi connectivity index (χ2n) is 12.4. The van der Waals surface area contributed by atoms with Gasteiger partial charge in [0.15, 0.2) is 0 Å². The maximum Gasteiger partial charge on any atom is 0.255 e. The van der Waals surface area contributed by atoms with Gasteiger partial charge in [-0.05, 0) is 80.4 Å². The van der Waals surface area contributed by atoms with Crippen molar-refractivity contribution in [2.24, 2.45) is 23.2 Å². The Kier molecular flexibility index (Phi) is 6.73. The van der Waals surface area contributed by atoms with Crippen LogP contribution in [-0.4, -0.2) is 46.1 Å². The van der Waals surface area contributed by atoms with Gasteiger partial charge < -0.3 is 10.2 Å². The molecule has 210 valence electrons. The van der Waals surface area contributed by atoms with Crippen LogP contribution in [0.15, 0.2) is 28.5 Å². The van der Waals surface area contributed by atoms with Crippen LogP contribution >= 0.6 is 23.1 Å². The van der Waals surface area contributed by atoms with E-state index in [4.69, 9.17) is 4.98 Å². The normalized spacial score (nSPS) is 30.5. The molecule has 4 amide bonds. The van der Waals surface area contributed by atoms with Gasteiger partial charge >= 0.3 is 0 Å². The third-order valence-electron chi connectivity index (χ3n) is 9.66. The number of nitrogens with zero attached hydrogens (tertiary/aromatic N) is 2. The SMILES string of the molecule is O=C1CCC(N2Cc3c(SCc4csc(CCNC(=O)C56CC7CC(CC(C7)C5)C6)n4)cccc3C2=O)C(=O)N1. The van der Waals surface area contributed by atoms with E-state index in [9.17, 15) is 19.2 Å². The number of piperidine rings is 1. The number of amides is 4. The van der Waals surface area contributed by atoms with Gasteiger partial charge in [-0.2, -0.15) is 0 Å². The molecule has 0 radical (unpaired) electrons. The molecule has 1 aromatic heterocycles. The van der Waals surface area contributed by atoms with E-state index >= 15 is 0 Å². The standard InChI is InChI=1S/C30H34N4O4S2/c35-25-5-4-23(27(36)33-25)34-14-22-21(28(34)37)2-1-3-24(22)39-15-20-16-40-26(32-20)6-7-31-29(38)30-11-17-8-18(12-30)10-19(9-17)13-30/h1-3,16-19,23H,4-15H2,(H,31,38)(H,33,35,36). The van der Waals surface area contributed by atoms with E-state index in [0.29, 0.717) is 30.8 Å². The molecule has 8 nitrogen and oxygen atoms in total. The lowest BCUT2D eigenvalue weighted by molar-refractivity contribution is -0.146. The van der Waals surface area contributed by atoms with E-state index in [-0.39, 0.29) is 29.6 Å². The molecule has 2 aliphatic heterocycles. The maximum atomic E-state index is 13.2. The Labute approximate surface area is 242 Å². The fraction of sp³-hybridized carbons (Fsp3) is 0.567. The molecule has 4 saturated carbocycles. The van der Waals surface area contributed by atoms with Crippen LogP contribution in [0.1, 0.15) is 78.0 Å². The summed E-state index contributed by atoms with van der Waals surface area (Å²) in [6.07, 6.45) is 8.62. The van der Waals surface area contributed by atoms with Gasteiger partial charge in [0, 0.05) is 52.9 Å². The number of carbonyl (C=O) groups is 4. The summed E-state index contributed by atoms with van der Waals surface area (Å²) >= 11 is 3.28. The Morgan fingerprint density at radius 2 is 1.88 bits per heavy atom. The lowest BCUT2D eigenvalue weighted by Crippen LogP contribution is -2.53. The van der Waals surface area contributed by atoms with Gasteiger partial charge in [0.25, 0.3) is 5.91 Å². The van der Waals surface area contributed by atoms with Crippen molar-refractivity contribution < 1.29 is 19.2 Å². The largest absolute Gasteiger partial charge is 0.355 e. The minimum atomic E-state index is -0.611. The Morgan fingerprint density at radius 1 is 1.12 bits per heavy atom. The number of imide groups is 1. The summed E-state index contributed by atoms with van der Waals surface area (Å²) in [5.74, 6) is 2.42. The van der Waals surface area contributed by atoms with Crippen molar-refractivity contribution in [1.82, 2.24) is 20.5 Å². The maximum absolute atomic E-state index is 13.2. The summed E-state index contributed by atoms with van der Waals surface area (Å²) < 4.78 is 0. The van der Waals surface area contributed by atoms with E-state index in [0.717, 1.165) is 64.6 Å². The zero-order chi connectivity index (χ0) is 27.4. The first kappa shape index (κ1) is 26.2. The molecule has 4 bridgehead atoms. The summed E-state index contributed by atoms with van der Waals surface area (Å²) in [4.78, 5) is 57.7. The van der Waals surface area contributed by atoms with Crippen molar-refractivity contribution in [2.45, 2.75) is 81.0 Å². The summed E-state index contributed by atoms with van der Waals surface area (Å²) in [7, 11) is 0. The Bertz CT molecular complexity index is 1350. The van der Waals surface area contributed by atoms with Gasteiger partial charge in [0.05, 0.1) is 10.7 Å². The third-order valence-corrected chi connectivity index (χ3v) is 11.7. The predicted molar refractivity (Wildman–Crippen MR) is 151 cm³/mol. The number of fused-ring (bicyclic) bond motifs is 1. The number of thiazole rings is 1. The van der Waals surface area contributed by atoms with Crippen LogP contribution in [0.3, 0.4) is 0 Å². The molecule has 1 saturated heterocycles. The number of thioether (sulfide) groups is 1. The summed E-state index contributed by atoms with van der Waals surface area (Å²) in [5.41, 5.74) is 2.44. The van der Waals surface area contributed by atoms with Gasteiger partial charge in [-0.15, -0.1) is 23.1 Å². The number of nitrogens with one attached hydrogen (secondary N) is 2. The fourth-order valence-electron chi connectivity index (χ4n) is 8.23. The Balaban J connectivity index is 0.932. The van der Waals surface area contributed by atoms with Crippen molar-refractivity contribution in [3.8, 4) is 0 Å². The van der Waals surface area contributed by atoms with Crippen molar-refractivity contribution in [3.05, 3.63) is 45.4 Å². The molecule has 2 N–H and O–H groups in total. The number of hydrogen-bond donors (Lipinski definition) is 2. The van der Waals surface area contributed by atoms with Crippen LogP contribution in [0.25, 0.3) is 0 Å². The molecule has 10 heteroatoms. The minimum absolute atomic E-state index is 0.107. The summed E-state index contributed by atoms with van der Waals surface area (Å²) in [5, 5.41) is 8.73. The molecular weight excluding hydrogens is 544 g/mol. The first-order chi connectivity index (χ1) is 19.4. The zero-order valence-electron chi connectivity index (χ0n) is 22.4. The van der Waals surface area contributed by atoms with E-state index in [1.165, 1.54) is 19.3 Å². The molecule has 3 heterocycles. The predicted octanol–water partition coefficient (Wildman–Crippen LogP) is 4.07. The van der Waals surface area contributed by atoms with Gasteiger partial charge in [-0.3, -0.25) is 24.5 Å². The monoisotopic (exact) mass is 578 g/mol. The van der Waals surface area contributed by atoms with E-state index in [2.05, 4.69) is 16.0 Å². The highest BCUT2D eigenvalue weighted by molar-refractivity contribution is 7.98. The first-order valence-electron chi connectivity index (χ1n) is 14.5. The van der Waals surface area contributed by atoms with Gasteiger partial charge in [-0.25, -0.2) is 4.98 Å². The highest BCUT2D eigenvalue weighted by Gasteiger charge is 2.54. The third kappa shape index (κ3) is 4.76. The molecule has 40 heavy (non-hydrogen) atoms. The molecule has 8 rings (SSSR count). The van der Waals surface area contributed by atoms with Crippen LogP contribution in [0, 0.1) is 23.2 Å². The zero-order valence-corrected chi connectivity index (χ0v) is 24.1. The molecule has 2 aromatic rings.